The summed E-state index contributed by atoms with van der Waals surface area (Å²) in [5, 5.41) is 4.83. The molecule has 31 heavy (non-hydrogen) atoms. The highest BCUT2D eigenvalue weighted by atomic mass is 79.9. The van der Waals surface area contributed by atoms with Gasteiger partial charge in [-0.2, -0.15) is 0 Å². The van der Waals surface area contributed by atoms with Gasteiger partial charge >= 0.3 is 0 Å². The van der Waals surface area contributed by atoms with Crippen molar-refractivity contribution in [1.82, 2.24) is 10.1 Å². The third-order valence-corrected chi connectivity index (χ3v) is 6.22. The molecule has 2 heterocycles. The van der Waals surface area contributed by atoms with Crippen LogP contribution < -0.4 is 5.73 Å². The summed E-state index contributed by atoms with van der Waals surface area (Å²) in [6, 6.07) is 14.6. The zero-order valence-corrected chi connectivity index (χ0v) is 19.5. The van der Waals surface area contributed by atoms with Gasteiger partial charge in [0.25, 0.3) is 0 Å². The minimum atomic E-state index is -3.56. The molecule has 2 aromatic heterocycles. The van der Waals surface area contributed by atoms with E-state index in [1.807, 2.05) is 42.5 Å². The van der Waals surface area contributed by atoms with Gasteiger partial charge in [-0.05, 0) is 35.9 Å². The lowest BCUT2D eigenvalue weighted by Crippen LogP contribution is -2.17. The quantitative estimate of drug-likeness (QED) is 0.399. The molecule has 162 valence electrons. The maximum Gasteiger partial charge on any atom is 0.192 e. The van der Waals surface area contributed by atoms with Crippen LogP contribution in [-0.2, 0) is 16.3 Å². The topological polar surface area (TPSA) is 99.1 Å². The highest BCUT2D eigenvalue weighted by molar-refractivity contribution is 9.10. The molecule has 1 unspecified atom stereocenters. The Hall–Kier alpha value is -2.33. The van der Waals surface area contributed by atoms with Gasteiger partial charge in [0.1, 0.15) is 11.5 Å². The molecule has 0 radical (unpaired) electrons. The first-order chi connectivity index (χ1) is 14.2. The molecule has 0 amide bonds. The molecule has 0 aliphatic heterocycles. The molecular formula is C21H18BrClFN3O3S. The number of hydrogen-bond acceptors (Lipinski definition) is 6. The fourth-order valence-corrected chi connectivity index (χ4v) is 4.21. The number of nitrogens with two attached hydrogens (primary N) is 1. The number of hydrogen-bond donors (Lipinski definition) is 1. The van der Waals surface area contributed by atoms with Crippen molar-refractivity contribution in [3.8, 4) is 11.3 Å². The van der Waals surface area contributed by atoms with Gasteiger partial charge in [0.05, 0.1) is 5.69 Å². The smallest absolute Gasteiger partial charge is 0.192 e. The standard InChI is InChI=1S/C21H17BrFN3O3S.ClH/c1-30(27,28)20-9-8-16(23)18(25-20)11-17(24)13-4-2-3-5-14(13)21-15-7-6-12(22)10-19(15)29-26-21;/h2-10,17H,11,24H2,1H3;1H. The number of sulfone groups is 1. The van der Waals surface area contributed by atoms with Crippen molar-refractivity contribution >= 4 is 49.1 Å². The molecule has 0 saturated carbocycles. The van der Waals surface area contributed by atoms with E-state index in [4.69, 9.17) is 10.3 Å². The van der Waals surface area contributed by atoms with E-state index in [1.165, 1.54) is 0 Å². The average molecular weight is 527 g/mol. The second kappa shape index (κ2) is 9.04. The molecule has 2 N–H and O–H groups in total. The van der Waals surface area contributed by atoms with Crippen molar-refractivity contribution in [2.45, 2.75) is 17.5 Å². The normalized spacial score (nSPS) is 12.5. The molecule has 2 aromatic carbocycles. The maximum absolute atomic E-state index is 14.3. The third kappa shape index (κ3) is 4.79. The Bertz CT molecular complexity index is 1360. The highest BCUT2D eigenvalue weighted by Crippen LogP contribution is 2.34. The van der Waals surface area contributed by atoms with E-state index >= 15 is 0 Å². The molecule has 0 fully saturated rings. The Morgan fingerprint density at radius 1 is 1.16 bits per heavy atom. The zero-order valence-electron chi connectivity index (χ0n) is 16.2. The number of nitrogens with zero attached hydrogens (tertiary/aromatic N) is 2. The maximum atomic E-state index is 14.3. The molecule has 4 aromatic rings. The summed E-state index contributed by atoms with van der Waals surface area (Å²) in [6.07, 6.45) is 1.05. The van der Waals surface area contributed by atoms with Crippen molar-refractivity contribution in [2.75, 3.05) is 6.26 Å². The first-order valence-corrected chi connectivity index (χ1v) is 11.7. The van der Waals surface area contributed by atoms with Crippen LogP contribution in [0.25, 0.3) is 22.2 Å². The van der Waals surface area contributed by atoms with Gasteiger partial charge in [-0.3, -0.25) is 0 Å². The second-order valence-electron chi connectivity index (χ2n) is 6.92. The number of halogens is 3. The first-order valence-electron chi connectivity index (χ1n) is 8.99. The Morgan fingerprint density at radius 3 is 2.65 bits per heavy atom. The Labute approximate surface area is 193 Å². The van der Waals surface area contributed by atoms with Crippen LogP contribution in [0.1, 0.15) is 17.3 Å². The fourth-order valence-electron chi connectivity index (χ4n) is 3.27. The van der Waals surface area contributed by atoms with Crippen molar-refractivity contribution in [3.63, 3.8) is 0 Å². The number of benzene rings is 2. The number of fused-ring (bicyclic) bond motifs is 1. The fraction of sp³-hybridized carbons (Fsp3) is 0.143. The minimum absolute atomic E-state index is 0. The Balaban J connectivity index is 0.00000272. The van der Waals surface area contributed by atoms with E-state index in [2.05, 4.69) is 26.1 Å². The van der Waals surface area contributed by atoms with Gasteiger partial charge in [-0.1, -0.05) is 45.4 Å². The molecule has 0 aliphatic carbocycles. The van der Waals surface area contributed by atoms with Gasteiger partial charge < -0.3 is 10.3 Å². The summed E-state index contributed by atoms with van der Waals surface area (Å²) in [5.41, 5.74) is 9.13. The lowest BCUT2D eigenvalue weighted by Gasteiger charge is -2.16. The van der Waals surface area contributed by atoms with Gasteiger partial charge in [-0.25, -0.2) is 17.8 Å². The monoisotopic (exact) mass is 525 g/mol. The number of aromatic nitrogens is 2. The molecule has 0 bridgehead atoms. The van der Waals surface area contributed by atoms with E-state index in [0.717, 1.165) is 39.4 Å². The van der Waals surface area contributed by atoms with E-state index < -0.39 is 21.7 Å². The number of pyridine rings is 1. The lowest BCUT2D eigenvalue weighted by atomic mass is 9.94. The van der Waals surface area contributed by atoms with Gasteiger partial charge in [0.2, 0.25) is 0 Å². The Morgan fingerprint density at radius 2 is 1.90 bits per heavy atom. The van der Waals surface area contributed by atoms with Crippen molar-refractivity contribution in [1.29, 1.82) is 0 Å². The number of rotatable bonds is 5. The summed E-state index contributed by atoms with van der Waals surface area (Å²) in [7, 11) is -3.56. The molecule has 1 atom stereocenters. The van der Waals surface area contributed by atoms with Crippen molar-refractivity contribution < 1.29 is 17.3 Å². The molecule has 10 heteroatoms. The van der Waals surface area contributed by atoms with Gasteiger partial charge in [0, 0.05) is 34.1 Å². The van der Waals surface area contributed by atoms with Crippen LogP contribution in [0, 0.1) is 5.82 Å². The second-order valence-corrected chi connectivity index (χ2v) is 9.80. The summed E-state index contributed by atoms with van der Waals surface area (Å²) in [6.45, 7) is 0. The SMILES string of the molecule is CS(=O)(=O)c1ccc(F)c(CC(N)c2ccccc2-c2noc3cc(Br)ccc23)n1.Cl. The molecule has 0 saturated heterocycles. The zero-order chi connectivity index (χ0) is 21.5. The van der Waals surface area contributed by atoms with Crippen LogP contribution >= 0.6 is 28.3 Å². The van der Waals surface area contributed by atoms with E-state index in [0.29, 0.717) is 11.3 Å². The van der Waals surface area contributed by atoms with Crippen LogP contribution in [0.4, 0.5) is 4.39 Å². The molecular weight excluding hydrogens is 509 g/mol. The molecule has 0 aliphatic rings. The van der Waals surface area contributed by atoms with Crippen LogP contribution in [0.3, 0.4) is 0 Å². The average Bonchev–Trinajstić information content (AvgIpc) is 3.11. The van der Waals surface area contributed by atoms with Crippen LogP contribution in [-0.4, -0.2) is 24.8 Å². The van der Waals surface area contributed by atoms with Crippen molar-refractivity contribution in [3.05, 3.63) is 76.1 Å². The Kier molecular flexibility index (Phi) is 6.80. The van der Waals surface area contributed by atoms with Gasteiger partial charge in [-0.15, -0.1) is 12.4 Å². The van der Waals surface area contributed by atoms with Crippen LogP contribution in [0.5, 0.6) is 0 Å². The van der Waals surface area contributed by atoms with E-state index in [1.54, 1.807) is 0 Å². The third-order valence-electron chi connectivity index (χ3n) is 4.74. The predicted molar refractivity (Wildman–Crippen MR) is 122 cm³/mol. The predicted octanol–water partition coefficient (Wildman–Crippen LogP) is 4.86. The molecule has 0 spiro atoms. The van der Waals surface area contributed by atoms with Crippen LogP contribution in [0.2, 0.25) is 0 Å². The summed E-state index contributed by atoms with van der Waals surface area (Å²) >= 11 is 3.41. The van der Waals surface area contributed by atoms with Crippen LogP contribution in [0.15, 0.2) is 68.6 Å². The molecule has 4 rings (SSSR count). The summed E-state index contributed by atoms with van der Waals surface area (Å²) < 4.78 is 44.2. The van der Waals surface area contributed by atoms with Crippen molar-refractivity contribution in [2.24, 2.45) is 5.73 Å². The van der Waals surface area contributed by atoms with E-state index in [9.17, 15) is 12.8 Å². The summed E-state index contributed by atoms with van der Waals surface area (Å²) in [5.74, 6) is -0.605. The largest absolute Gasteiger partial charge is 0.356 e. The van der Waals surface area contributed by atoms with E-state index in [-0.39, 0.29) is 29.5 Å². The minimum Gasteiger partial charge on any atom is -0.356 e. The van der Waals surface area contributed by atoms with Gasteiger partial charge in [0.15, 0.2) is 20.4 Å². The molecule has 6 nitrogen and oxygen atoms in total. The lowest BCUT2D eigenvalue weighted by molar-refractivity contribution is 0.459. The summed E-state index contributed by atoms with van der Waals surface area (Å²) in [4.78, 5) is 3.98. The first kappa shape index (κ1) is 23.3. The highest BCUT2D eigenvalue weighted by Gasteiger charge is 2.21.